The summed E-state index contributed by atoms with van der Waals surface area (Å²) in [5, 5.41) is 14.4. The lowest BCUT2D eigenvalue weighted by Gasteiger charge is -2.51. The van der Waals surface area contributed by atoms with E-state index in [4.69, 9.17) is 0 Å². The van der Waals surface area contributed by atoms with Gasteiger partial charge in [-0.2, -0.15) is 5.06 Å². The molecule has 1 heterocycles. The highest BCUT2D eigenvalue weighted by atomic mass is 16.5. The van der Waals surface area contributed by atoms with E-state index >= 15 is 0 Å². The van der Waals surface area contributed by atoms with Crippen LogP contribution in [-0.2, 0) is 9.59 Å². The van der Waals surface area contributed by atoms with Gasteiger partial charge in [0.05, 0.1) is 0 Å². The van der Waals surface area contributed by atoms with Crippen molar-refractivity contribution >= 4 is 11.7 Å². The second-order valence-electron chi connectivity index (χ2n) is 6.49. The largest absolute Gasteiger partial charge is 0.350 e. The molecule has 0 atom stereocenters. The van der Waals surface area contributed by atoms with Crippen LogP contribution >= 0.6 is 0 Å². The summed E-state index contributed by atoms with van der Waals surface area (Å²) in [4.78, 5) is 22.5. The molecule has 108 valence electrons. The van der Waals surface area contributed by atoms with Gasteiger partial charge in [0, 0.05) is 23.2 Å². The van der Waals surface area contributed by atoms with Gasteiger partial charge in [-0.25, -0.2) is 0 Å². The molecule has 1 aliphatic rings. The predicted octanol–water partition coefficient (Wildman–Crippen LogP) is 1.66. The number of carbonyl (C=O) groups excluding carboxylic acids is 2. The predicted molar refractivity (Wildman–Crippen MR) is 72.8 cm³/mol. The molecule has 5 nitrogen and oxygen atoms in total. The fourth-order valence-corrected chi connectivity index (χ4v) is 2.81. The highest BCUT2D eigenvalue weighted by Crippen LogP contribution is 2.36. The molecule has 0 aromatic rings. The lowest BCUT2D eigenvalue weighted by atomic mass is 9.79. The van der Waals surface area contributed by atoms with Gasteiger partial charge >= 0.3 is 0 Å². The van der Waals surface area contributed by atoms with E-state index in [-0.39, 0.29) is 17.7 Å². The van der Waals surface area contributed by atoms with E-state index in [0.29, 0.717) is 12.8 Å². The molecule has 1 aliphatic heterocycles. The van der Waals surface area contributed by atoms with Gasteiger partial charge in [-0.05, 0) is 53.5 Å². The van der Waals surface area contributed by atoms with Gasteiger partial charge in [0.1, 0.15) is 0 Å². The van der Waals surface area contributed by atoms with E-state index < -0.39 is 11.1 Å². The number of hydrogen-bond acceptors (Lipinski definition) is 4. The number of carbonyl (C=O) groups is 2. The van der Waals surface area contributed by atoms with Crippen LogP contribution in [0.1, 0.15) is 47.5 Å². The van der Waals surface area contributed by atoms with Gasteiger partial charge in [0.2, 0.25) is 5.91 Å². The Morgan fingerprint density at radius 3 is 2.05 bits per heavy atom. The Kier molecular flexibility index (Phi) is 4.53. The minimum Gasteiger partial charge on any atom is -0.350 e. The normalized spacial score (nSPS) is 23.5. The summed E-state index contributed by atoms with van der Waals surface area (Å²) in [6.07, 6.45) is 3.83. The minimum atomic E-state index is -0.399. The Labute approximate surface area is 114 Å². The summed E-state index contributed by atoms with van der Waals surface area (Å²) >= 11 is 0. The topological polar surface area (TPSA) is 69.6 Å². The number of amides is 1. The number of ketones is 1. The van der Waals surface area contributed by atoms with Crippen LogP contribution < -0.4 is 5.32 Å². The van der Waals surface area contributed by atoms with Crippen molar-refractivity contribution in [1.29, 1.82) is 0 Å². The first kappa shape index (κ1) is 15.9. The zero-order valence-corrected chi connectivity index (χ0v) is 12.4. The Morgan fingerprint density at radius 2 is 1.63 bits per heavy atom. The van der Waals surface area contributed by atoms with Crippen LogP contribution in [0.25, 0.3) is 0 Å². The van der Waals surface area contributed by atoms with Crippen LogP contribution in [0.5, 0.6) is 0 Å². The van der Waals surface area contributed by atoms with Crippen LogP contribution in [0.4, 0.5) is 0 Å². The Hall–Kier alpha value is -1.20. The SMILES string of the molecule is CC(=O)/C=C\C(=O)NC1CC(C)(C)N(O)C(C)(C)C1. The van der Waals surface area contributed by atoms with Gasteiger partial charge < -0.3 is 10.5 Å². The Balaban J connectivity index is 2.71. The summed E-state index contributed by atoms with van der Waals surface area (Å²) < 4.78 is 0. The van der Waals surface area contributed by atoms with Gasteiger partial charge in [0.15, 0.2) is 5.78 Å². The first-order chi connectivity index (χ1) is 8.54. The molecule has 0 radical (unpaired) electrons. The van der Waals surface area contributed by atoms with Crippen LogP contribution in [0.3, 0.4) is 0 Å². The molecule has 0 spiro atoms. The average molecular weight is 268 g/mol. The molecule has 19 heavy (non-hydrogen) atoms. The van der Waals surface area contributed by atoms with Gasteiger partial charge in [-0.3, -0.25) is 9.59 Å². The first-order valence-electron chi connectivity index (χ1n) is 6.53. The third-order valence-corrected chi connectivity index (χ3v) is 3.45. The number of hydrogen-bond donors (Lipinski definition) is 2. The number of allylic oxidation sites excluding steroid dienone is 1. The molecule has 0 bridgehead atoms. The van der Waals surface area contributed by atoms with Crippen molar-refractivity contribution in [2.45, 2.75) is 64.6 Å². The van der Waals surface area contributed by atoms with Gasteiger partial charge in [0.25, 0.3) is 0 Å². The Morgan fingerprint density at radius 1 is 1.16 bits per heavy atom. The third kappa shape index (κ3) is 4.14. The molecular weight excluding hydrogens is 244 g/mol. The lowest BCUT2D eigenvalue weighted by molar-refractivity contribution is -0.245. The zero-order valence-electron chi connectivity index (χ0n) is 12.4. The molecule has 0 aliphatic carbocycles. The monoisotopic (exact) mass is 268 g/mol. The molecule has 0 aromatic carbocycles. The fourth-order valence-electron chi connectivity index (χ4n) is 2.81. The number of rotatable bonds is 3. The molecule has 2 N–H and O–H groups in total. The van der Waals surface area contributed by atoms with E-state index in [2.05, 4.69) is 5.32 Å². The van der Waals surface area contributed by atoms with Gasteiger partial charge in [-0.15, -0.1) is 0 Å². The quantitative estimate of drug-likeness (QED) is 0.764. The van der Waals surface area contributed by atoms with Crippen molar-refractivity contribution in [2.75, 3.05) is 0 Å². The summed E-state index contributed by atoms with van der Waals surface area (Å²) in [5.74, 6) is -0.417. The summed E-state index contributed by atoms with van der Waals surface area (Å²) in [7, 11) is 0. The molecule has 1 rings (SSSR count). The van der Waals surface area contributed by atoms with Crippen molar-refractivity contribution in [3.05, 3.63) is 12.2 Å². The van der Waals surface area contributed by atoms with E-state index in [1.165, 1.54) is 24.1 Å². The number of piperidine rings is 1. The molecule has 1 saturated heterocycles. The molecular formula is C14H24N2O3. The van der Waals surface area contributed by atoms with Crippen LogP contribution in [0, 0.1) is 0 Å². The molecule has 0 aromatic heterocycles. The highest BCUT2D eigenvalue weighted by molar-refractivity contribution is 5.96. The molecule has 0 unspecified atom stereocenters. The minimum absolute atomic E-state index is 0.0162. The van der Waals surface area contributed by atoms with E-state index in [9.17, 15) is 14.8 Å². The zero-order chi connectivity index (χ0) is 14.8. The van der Waals surface area contributed by atoms with Gasteiger partial charge in [-0.1, -0.05) is 0 Å². The van der Waals surface area contributed by atoms with Crippen LogP contribution in [0.15, 0.2) is 12.2 Å². The van der Waals surface area contributed by atoms with Crippen molar-refractivity contribution < 1.29 is 14.8 Å². The number of hydroxylamine groups is 2. The first-order valence-corrected chi connectivity index (χ1v) is 6.53. The van der Waals surface area contributed by atoms with Crippen molar-refractivity contribution in [3.63, 3.8) is 0 Å². The maximum atomic E-state index is 11.7. The maximum absolute atomic E-state index is 11.7. The highest BCUT2D eigenvalue weighted by Gasteiger charge is 2.45. The van der Waals surface area contributed by atoms with E-state index in [0.717, 1.165) is 0 Å². The van der Waals surface area contributed by atoms with E-state index in [1.54, 1.807) is 0 Å². The second kappa shape index (κ2) is 5.43. The molecule has 1 fully saturated rings. The second-order valence-corrected chi connectivity index (χ2v) is 6.49. The Bertz CT molecular complexity index is 381. The maximum Gasteiger partial charge on any atom is 0.244 e. The smallest absolute Gasteiger partial charge is 0.244 e. The van der Waals surface area contributed by atoms with Crippen molar-refractivity contribution in [3.8, 4) is 0 Å². The third-order valence-electron chi connectivity index (χ3n) is 3.45. The van der Waals surface area contributed by atoms with Crippen LogP contribution in [-0.4, -0.2) is 39.1 Å². The summed E-state index contributed by atoms with van der Waals surface area (Å²) in [5.41, 5.74) is -0.798. The summed E-state index contributed by atoms with van der Waals surface area (Å²) in [6, 6.07) is -0.0162. The lowest BCUT2D eigenvalue weighted by Crippen LogP contribution is -2.62. The van der Waals surface area contributed by atoms with Crippen LogP contribution in [0.2, 0.25) is 0 Å². The van der Waals surface area contributed by atoms with Crippen molar-refractivity contribution in [2.24, 2.45) is 0 Å². The molecule has 0 saturated carbocycles. The molecule has 5 heteroatoms. The van der Waals surface area contributed by atoms with E-state index in [1.807, 2.05) is 27.7 Å². The summed E-state index contributed by atoms with van der Waals surface area (Å²) in [6.45, 7) is 9.17. The molecule has 1 amide bonds. The van der Waals surface area contributed by atoms with Crippen molar-refractivity contribution in [1.82, 2.24) is 10.4 Å². The number of nitrogens with zero attached hydrogens (tertiary/aromatic N) is 1. The number of nitrogens with one attached hydrogen (secondary N) is 1. The standard InChI is InChI=1S/C14H24N2O3/c1-10(17)6-7-12(18)15-11-8-13(2,3)16(19)14(4,5)9-11/h6-7,11,19H,8-9H2,1-5H3,(H,15,18)/b7-6-. The average Bonchev–Trinajstić information content (AvgIpc) is 2.22. The fraction of sp³-hybridized carbons (Fsp3) is 0.714.